The summed E-state index contributed by atoms with van der Waals surface area (Å²) < 4.78 is 68.7. The fraction of sp³-hybridized carbons (Fsp3) is 0.950. The van der Waals surface area contributed by atoms with E-state index in [0.717, 1.165) is 114 Å². The van der Waals surface area contributed by atoms with E-state index in [-0.39, 0.29) is 25.7 Å². The topological polar surface area (TPSA) is 237 Å². The van der Waals surface area contributed by atoms with Crippen LogP contribution in [0, 0.1) is 23.7 Å². The molecule has 0 bridgehead atoms. The van der Waals surface area contributed by atoms with Crippen LogP contribution in [0.15, 0.2) is 0 Å². The van der Waals surface area contributed by atoms with Crippen molar-refractivity contribution in [1.29, 1.82) is 0 Å². The van der Waals surface area contributed by atoms with Crippen LogP contribution in [0.4, 0.5) is 0 Å². The van der Waals surface area contributed by atoms with Gasteiger partial charge in [0.1, 0.15) is 19.3 Å². The fourth-order valence-electron chi connectivity index (χ4n) is 12.3. The van der Waals surface area contributed by atoms with Crippen LogP contribution in [0.3, 0.4) is 0 Å². The van der Waals surface area contributed by atoms with Crippen LogP contribution in [0.1, 0.15) is 409 Å². The zero-order valence-corrected chi connectivity index (χ0v) is 66.9. The van der Waals surface area contributed by atoms with Crippen LogP contribution in [0.25, 0.3) is 0 Å². The van der Waals surface area contributed by atoms with Crippen LogP contribution in [0.5, 0.6) is 0 Å². The van der Waals surface area contributed by atoms with E-state index in [0.29, 0.717) is 25.7 Å². The first-order valence-electron chi connectivity index (χ1n) is 41.2. The van der Waals surface area contributed by atoms with Crippen molar-refractivity contribution in [1.82, 2.24) is 0 Å². The highest BCUT2D eigenvalue weighted by molar-refractivity contribution is 7.47. The van der Waals surface area contributed by atoms with Crippen molar-refractivity contribution in [2.45, 2.75) is 427 Å². The molecule has 0 aliphatic heterocycles. The molecule has 588 valence electrons. The van der Waals surface area contributed by atoms with Gasteiger partial charge in [0.25, 0.3) is 0 Å². The molecule has 0 spiro atoms. The number of carbonyl (C=O) groups excluding carboxylic acids is 4. The number of esters is 4. The van der Waals surface area contributed by atoms with Gasteiger partial charge in [0.15, 0.2) is 12.2 Å². The summed E-state index contributed by atoms with van der Waals surface area (Å²) in [5, 5.41) is 10.6. The summed E-state index contributed by atoms with van der Waals surface area (Å²) in [7, 11) is -9.92. The third-order valence-electron chi connectivity index (χ3n) is 18.6. The molecule has 0 aromatic heterocycles. The molecular formula is C80H156O17P2. The molecule has 19 heteroatoms. The van der Waals surface area contributed by atoms with E-state index in [1.165, 1.54) is 212 Å². The lowest BCUT2D eigenvalue weighted by Gasteiger charge is -2.21. The number of aliphatic hydroxyl groups is 1. The Morgan fingerprint density at radius 1 is 0.253 bits per heavy atom. The molecule has 0 heterocycles. The smallest absolute Gasteiger partial charge is 0.462 e. The first kappa shape index (κ1) is 97.1. The molecule has 0 rings (SSSR count). The minimum absolute atomic E-state index is 0.105. The zero-order valence-electron chi connectivity index (χ0n) is 65.1. The number of carbonyl (C=O) groups is 4. The maximum atomic E-state index is 13.1. The van der Waals surface area contributed by atoms with Crippen LogP contribution in [-0.2, 0) is 65.4 Å². The predicted octanol–water partition coefficient (Wildman–Crippen LogP) is 23.6. The minimum Gasteiger partial charge on any atom is -0.462 e. The van der Waals surface area contributed by atoms with Crippen LogP contribution in [-0.4, -0.2) is 96.7 Å². The van der Waals surface area contributed by atoms with Gasteiger partial charge < -0.3 is 33.8 Å². The summed E-state index contributed by atoms with van der Waals surface area (Å²) in [5.41, 5.74) is 0. The maximum absolute atomic E-state index is 13.1. The van der Waals surface area contributed by atoms with E-state index in [9.17, 15) is 43.2 Å². The van der Waals surface area contributed by atoms with Gasteiger partial charge in [-0.15, -0.1) is 0 Å². The summed E-state index contributed by atoms with van der Waals surface area (Å²) in [6.07, 6.45) is 55.5. The number of hydrogen-bond donors (Lipinski definition) is 3. The second-order valence-electron chi connectivity index (χ2n) is 30.7. The third-order valence-corrected chi connectivity index (χ3v) is 20.5. The minimum atomic E-state index is -4.96. The van der Waals surface area contributed by atoms with Gasteiger partial charge in [0.05, 0.1) is 26.4 Å². The summed E-state index contributed by atoms with van der Waals surface area (Å²) >= 11 is 0. The quantitative estimate of drug-likeness (QED) is 0.0222. The predicted molar refractivity (Wildman–Crippen MR) is 404 cm³/mol. The van der Waals surface area contributed by atoms with Gasteiger partial charge >= 0.3 is 39.5 Å². The van der Waals surface area contributed by atoms with Gasteiger partial charge in [0, 0.05) is 25.7 Å². The lowest BCUT2D eigenvalue weighted by Crippen LogP contribution is -2.30. The van der Waals surface area contributed by atoms with E-state index >= 15 is 0 Å². The van der Waals surface area contributed by atoms with Gasteiger partial charge in [0.2, 0.25) is 0 Å². The Bertz CT molecular complexity index is 1940. The van der Waals surface area contributed by atoms with E-state index in [4.69, 9.17) is 37.0 Å². The van der Waals surface area contributed by atoms with Crippen LogP contribution >= 0.6 is 15.6 Å². The number of aliphatic hydroxyl groups excluding tert-OH is 1. The van der Waals surface area contributed by atoms with Crippen molar-refractivity contribution < 1.29 is 80.2 Å². The Morgan fingerprint density at radius 3 is 0.626 bits per heavy atom. The van der Waals surface area contributed by atoms with Crippen LogP contribution < -0.4 is 0 Å². The summed E-state index contributed by atoms with van der Waals surface area (Å²) in [6.45, 7) is 14.2. The molecule has 0 saturated carbocycles. The number of phosphoric acid groups is 2. The molecule has 5 atom stereocenters. The molecule has 99 heavy (non-hydrogen) atoms. The molecule has 3 N–H and O–H groups in total. The van der Waals surface area contributed by atoms with Crippen molar-refractivity contribution in [3.63, 3.8) is 0 Å². The highest BCUT2D eigenvalue weighted by Crippen LogP contribution is 2.45. The molecule has 3 unspecified atom stereocenters. The number of hydrogen-bond acceptors (Lipinski definition) is 15. The fourth-order valence-corrected chi connectivity index (χ4v) is 13.8. The van der Waals surface area contributed by atoms with E-state index in [2.05, 4.69) is 55.4 Å². The molecule has 0 radical (unpaired) electrons. The first-order chi connectivity index (χ1) is 47.6. The zero-order chi connectivity index (χ0) is 73.1. The summed E-state index contributed by atoms with van der Waals surface area (Å²) in [6, 6.07) is 0. The van der Waals surface area contributed by atoms with Crippen molar-refractivity contribution in [3.05, 3.63) is 0 Å². The first-order valence-corrected chi connectivity index (χ1v) is 44.2. The van der Waals surface area contributed by atoms with Crippen molar-refractivity contribution in [3.8, 4) is 0 Å². The van der Waals surface area contributed by atoms with Gasteiger partial charge in [-0.2, -0.15) is 0 Å². The van der Waals surface area contributed by atoms with Gasteiger partial charge in [-0.3, -0.25) is 37.3 Å². The summed E-state index contributed by atoms with van der Waals surface area (Å²) in [4.78, 5) is 73.0. The average Bonchev–Trinajstić information content (AvgIpc) is 0.956. The lowest BCUT2D eigenvalue weighted by atomic mass is 10.0. The highest BCUT2D eigenvalue weighted by atomic mass is 31.2. The van der Waals surface area contributed by atoms with Crippen LogP contribution in [0.2, 0.25) is 0 Å². The lowest BCUT2D eigenvalue weighted by molar-refractivity contribution is -0.161. The molecule has 0 aromatic carbocycles. The second-order valence-corrected chi connectivity index (χ2v) is 33.6. The summed E-state index contributed by atoms with van der Waals surface area (Å²) in [5.74, 6) is 0.962. The maximum Gasteiger partial charge on any atom is 0.472 e. The van der Waals surface area contributed by atoms with E-state index in [1.807, 2.05) is 0 Å². The van der Waals surface area contributed by atoms with Gasteiger partial charge in [-0.1, -0.05) is 357 Å². The van der Waals surface area contributed by atoms with Gasteiger partial charge in [-0.05, 0) is 49.4 Å². The normalized spacial score (nSPS) is 14.1. The monoisotopic (exact) mass is 1450 g/mol. The Balaban J connectivity index is 5.24. The molecule has 0 aliphatic carbocycles. The van der Waals surface area contributed by atoms with Crippen molar-refractivity contribution in [2.75, 3.05) is 39.6 Å². The Morgan fingerprint density at radius 2 is 0.424 bits per heavy atom. The molecule has 0 aromatic rings. The standard InChI is InChI=1S/C80H156O17P2/c1-70(2)56-48-40-32-24-18-14-11-9-10-12-16-20-27-36-44-52-60-77(82)90-66-75(96-79(84)62-54-46-38-28-21-17-13-15-19-25-33-41-49-57-71(3)4)68-94-98(86,87)92-64-74(81)65-93-99(88,89)95-69-76(67-91-78(83)61-53-45-37-31-30-35-43-51-59-73(7)8)97-80(85)63-55-47-39-29-23-22-26-34-42-50-58-72(5)6/h70-76,81H,9-69H2,1-8H3,(H,86,87)(H,88,89)/t74?,75-,76-/m1/s1. The van der Waals surface area contributed by atoms with Gasteiger partial charge in [-0.25, -0.2) is 9.13 Å². The van der Waals surface area contributed by atoms with Crippen molar-refractivity contribution >= 4 is 39.5 Å². The molecule has 0 fully saturated rings. The molecule has 17 nitrogen and oxygen atoms in total. The molecule has 0 aliphatic rings. The number of phosphoric ester groups is 2. The Labute approximate surface area is 607 Å². The molecule has 0 saturated heterocycles. The SMILES string of the molecule is CC(C)CCCCCCCCCCCCCCCCCCC(=O)OC[C@H](COP(=O)(O)OCC(O)COP(=O)(O)OC[C@@H](COC(=O)CCCCCCCCCCC(C)C)OC(=O)CCCCCCCCCCCCC(C)C)OC(=O)CCCCCCCCCCCCCCCC(C)C. The average molecular weight is 1450 g/mol. The number of rotatable bonds is 77. The van der Waals surface area contributed by atoms with Crippen molar-refractivity contribution in [2.24, 2.45) is 23.7 Å². The second kappa shape index (κ2) is 69.1. The highest BCUT2D eigenvalue weighted by Gasteiger charge is 2.30. The Kier molecular flexibility index (Phi) is 67.8. The molecule has 0 amide bonds. The molecular weight excluding hydrogens is 1290 g/mol. The van der Waals surface area contributed by atoms with E-state index < -0.39 is 97.5 Å². The van der Waals surface area contributed by atoms with E-state index in [1.54, 1.807) is 0 Å². The third kappa shape index (κ3) is 74.1. The Hall–Kier alpha value is -1.94. The number of ether oxygens (including phenoxy) is 4. The number of unbranched alkanes of at least 4 members (excludes halogenated alkanes) is 43. The largest absolute Gasteiger partial charge is 0.472 e.